The number of para-hydroxylation sites is 2. The number of amides is 2. The van der Waals surface area contributed by atoms with Crippen LogP contribution < -0.4 is 20.7 Å². The van der Waals surface area contributed by atoms with Crippen LogP contribution in [0, 0.1) is 0 Å². The minimum Gasteiger partial charge on any atom is -0.497 e. The number of hydrogen-bond acceptors (Lipinski definition) is 5. The van der Waals surface area contributed by atoms with Crippen LogP contribution in [0.3, 0.4) is 0 Å². The molecule has 0 aliphatic heterocycles. The molecule has 3 aromatic carbocycles. The van der Waals surface area contributed by atoms with E-state index in [-0.39, 0.29) is 18.4 Å². The summed E-state index contributed by atoms with van der Waals surface area (Å²) >= 11 is 1.61. The summed E-state index contributed by atoms with van der Waals surface area (Å²) in [7, 11) is 1.63. The number of benzene rings is 3. The minimum absolute atomic E-state index is 0.102. The lowest BCUT2D eigenvalue weighted by atomic mass is 10.1. The third-order valence-corrected chi connectivity index (χ3v) is 5.65. The Morgan fingerprint density at radius 2 is 1.59 bits per heavy atom. The van der Waals surface area contributed by atoms with E-state index in [2.05, 4.69) is 16.0 Å². The van der Waals surface area contributed by atoms with E-state index >= 15 is 0 Å². The van der Waals surface area contributed by atoms with Gasteiger partial charge in [-0.2, -0.15) is 0 Å². The lowest BCUT2D eigenvalue weighted by Gasteiger charge is -2.13. The van der Waals surface area contributed by atoms with Crippen LogP contribution in [0.15, 0.2) is 77.7 Å². The van der Waals surface area contributed by atoms with Crippen molar-refractivity contribution in [3.63, 3.8) is 0 Å². The number of ether oxygens (including phenoxy) is 1. The molecular formula is C25H27N3O3S. The molecule has 0 unspecified atom stereocenters. The van der Waals surface area contributed by atoms with E-state index < -0.39 is 0 Å². The summed E-state index contributed by atoms with van der Waals surface area (Å²) in [6.45, 7) is 0.589. The molecule has 32 heavy (non-hydrogen) atoms. The summed E-state index contributed by atoms with van der Waals surface area (Å²) in [4.78, 5) is 26.3. The van der Waals surface area contributed by atoms with Gasteiger partial charge in [-0.1, -0.05) is 36.4 Å². The topological polar surface area (TPSA) is 79.5 Å². The van der Waals surface area contributed by atoms with Crippen LogP contribution in [-0.2, 0) is 11.2 Å². The summed E-state index contributed by atoms with van der Waals surface area (Å²) in [5.74, 6) is 0.350. The van der Waals surface area contributed by atoms with Gasteiger partial charge in [0.05, 0.1) is 24.9 Å². The highest BCUT2D eigenvalue weighted by molar-refractivity contribution is 7.98. The van der Waals surface area contributed by atoms with Gasteiger partial charge in [0, 0.05) is 17.1 Å². The lowest BCUT2D eigenvalue weighted by Crippen LogP contribution is -2.28. The van der Waals surface area contributed by atoms with Crippen molar-refractivity contribution in [2.45, 2.75) is 11.3 Å². The Morgan fingerprint density at radius 3 is 2.31 bits per heavy atom. The van der Waals surface area contributed by atoms with E-state index in [1.165, 1.54) is 0 Å². The molecule has 0 atom stereocenters. The van der Waals surface area contributed by atoms with Crippen LogP contribution in [0.1, 0.15) is 15.9 Å². The standard InChI is InChI=1S/C25H27N3O3S/c1-31-19-13-11-18(12-14-19)15-16-26-25(30)20-7-3-4-8-21(20)28-24(29)17-27-22-9-5-6-10-23(22)32-2/h3-14,27H,15-17H2,1-2H3,(H,26,30)(H,28,29). The maximum atomic E-state index is 12.7. The first-order valence-corrected chi connectivity index (χ1v) is 11.5. The number of methoxy groups -OCH3 is 1. The highest BCUT2D eigenvalue weighted by atomic mass is 32.2. The van der Waals surface area contributed by atoms with Crippen molar-refractivity contribution in [3.8, 4) is 5.75 Å². The maximum Gasteiger partial charge on any atom is 0.253 e. The predicted molar refractivity (Wildman–Crippen MR) is 131 cm³/mol. The van der Waals surface area contributed by atoms with Crippen molar-refractivity contribution in [1.29, 1.82) is 0 Å². The Morgan fingerprint density at radius 1 is 0.906 bits per heavy atom. The second-order valence-electron chi connectivity index (χ2n) is 7.00. The molecule has 6 nitrogen and oxygen atoms in total. The second-order valence-corrected chi connectivity index (χ2v) is 7.85. The van der Waals surface area contributed by atoms with Gasteiger partial charge >= 0.3 is 0 Å². The van der Waals surface area contributed by atoms with Gasteiger partial charge < -0.3 is 20.7 Å². The molecule has 166 valence electrons. The Kier molecular flexibility index (Phi) is 8.57. The van der Waals surface area contributed by atoms with E-state index in [9.17, 15) is 9.59 Å². The molecular weight excluding hydrogens is 422 g/mol. The van der Waals surface area contributed by atoms with E-state index in [4.69, 9.17) is 4.74 Å². The third-order valence-electron chi connectivity index (χ3n) is 4.85. The van der Waals surface area contributed by atoms with Gasteiger partial charge in [0.1, 0.15) is 5.75 Å². The molecule has 0 radical (unpaired) electrons. The zero-order valence-electron chi connectivity index (χ0n) is 18.2. The van der Waals surface area contributed by atoms with E-state index in [0.29, 0.717) is 24.2 Å². The molecule has 0 fully saturated rings. The number of thioether (sulfide) groups is 1. The van der Waals surface area contributed by atoms with Crippen molar-refractivity contribution in [1.82, 2.24) is 5.32 Å². The van der Waals surface area contributed by atoms with Crippen LogP contribution >= 0.6 is 11.8 Å². The predicted octanol–water partition coefficient (Wildman–Crippen LogP) is 4.44. The summed E-state index contributed by atoms with van der Waals surface area (Å²) in [6, 6.07) is 22.6. The summed E-state index contributed by atoms with van der Waals surface area (Å²) in [6.07, 6.45) is 2.69. The van der Waals surface area contributed by atoms with E-state index in [0.717, 1.165) is 21.9 Å². The fourth-order valence-electron chi connectivity index (χ4n) is 3.16. The zero-order valence-corrected chi connectivity index (χ0v) is 19.0. The number of carbonyl (C=O) groups excluding carboxylic acids is 2. The van der Waals surface area contributed by atoms with Gasteiger partial charge in [0.2, 0.25) is 5.91 Å². The van der Waals surface area contributed by atoms with Crippen LogP contribution in [-0.4, -0.2) is 38.3 Å². The minimum atomic E-state index is -0.227. The summed E-state index contributed by atoms with van der Waals surface area (Å²) in [5, 5.41) is 8.91. The average molecular weight is 450 g/mol. The van der Waals surface area contributed by atoms with Gasteiger partial charge in [0.15, 0.2) is 0 Å². The molecule has 0 saturated heterocycles. The molecule has 0 spiro atoms. The molecule has 0 bridgehead atoms. The van der Waals surface area contributed by atoms with Gasteiger partial charge in [0.25, 0.3) is 5.91 Å². The van der Waals surface area contributed by atoms with Crippen LogP contribution in [0.2, 0.25) is 0 Å². The largest absolute Gasteiger partial charge is 0.497 e. The highest BCUT2D eigenvalue weighted by Crippen LogP contribution is 2.24. The number of nitrogens with one attached hydrogen (secondary N) is 3. The molecule has 3 aromatic rings. The summed E-state index contributed by atoms with van der Waals surface area (Å²) < 4.78 is 5.16. The molecule has 3 rings (SSSR count). The Labute approximate surface area is 192 Å². The lowest BCUT2D eigenvalue weighted by molar-refractivity contribution is -0.114. The molecule has 0 heterocycles. The van der Waals surface area contributed by atoms with Crippen LogP contribution in [0.25, 0.3) is 0 Å². The highest BCUT2D eigenvalue weighted by Gasteiger charge is 2.13. The van der Waals surface area contributed by atoms with Gasteiger partial charge in [-0.25, -0.2) is 0 Å². The first-order valence-electron chi connectivity index (χ1n) is 10.3. The molecule has 0 aliphatic carbocycles. The van der Waals surface area contributed by atoms with Crippen molar-refractivity contribution >= 4 is 35.0 Å². The normalized spacial score (nSPS) is 10.3. The fraction of sp³-hybridized carbons (Fsp3) is 0.200. The van der Waals surface area contributed by atoms with Gasteiger partial charge in [-0.15, -0.1) is 11.8 Å². The molecule has 0 saturated carbocycles. The third kappa shape index (κ3) is 6.52. The van der Waals surface area contributed by atoms with E-state index in [1.54, 1.807) is 43.1 Å². The van der Waals surface area contributed by atoms with Crippen molar-refractivity contribution in [2.75, 3.05) is 37.1 Å². The zero-order chi connectivity index (χ0) is 22.8. The molecule has 0 aromatic heterocycles. The Balaban J connectivity index is 1.54. The average Bonchev–Trinajstić information content (AvgIpc) is 2.83. The van der Waals surface area contributed by atoms with Crippen LogP contribution in [0.5, 0.6) is 5.75 Å². The first kappa shape index (κ1) is 23.2. The summed E-state index contributed by atoms with van der Waals surface area (Å²) in [5.41, 5.74) is 2.92. The first-order chi connectivity index (χ1) is 15.6. The van der Waals surface area contributed by atoms with Gasteiger partial charge in [-0.05, 0) is 54.6 Å². The number of carbonyl (C=O) groups is 2. The quantitative estimate of drug-likeness (QED) is 0.399. The Bertz CT molecular complexity index is 1050. The Hall–Kier alpha value is -3.45. The monoisotopic (exact) mass is 449 g/mol. The van der Waals surface area contributed by atoms with E-state index in [1.807, 2.05) is 54.8 Å². The van der Waals surface area contributed by atoms with Crippen LogP contribution in [0.4, 0.5) is 11.4 Å². The number of hydrogen-bond donors (Lipinski definition) is 3. The molecule has 3 N–H and O–H groups in total. The van der Waals surface area contributed by atoms with Crippen molar-refractivity contribution in [2.24, 2.45) is 0 Å². The SMILES string of the molecule is COc1ccc(CCNC(=O)c2ccccc2NC(=O)CNc2ccccc2SC)cc1. The van der Waals surface area contributed by atoms with Crippen molar-refractivity contribution < 1.29 is 14.3 Å². The fourth-order valence-corrected chi connectivity index (χ4v) is 3.73. The van der Waals surface area contributed by atoms with Crippen molar-refractivity contribution in [3.05, 3.63) is 83.9 Å². The maximum absolute atomic E-state index is 12.7. The number of rotatable bonds is 10. The molecule has 0 aliphatic rings. The number of anilines is 2. The van der Waals surface area contributed by atoms with Gasteiger partial charge in [-0.3, -0.25) is 9.59 Å². The second kappa shape index (κ2) is 11.8. The smallest absolute Gasteiger partial charge is 0.253 e. The molecule has 7 heteroatoms. The molecule has 2 amide bonds.